The molecule has 0 saturated heterocycles. The van der Waals surface area contributed by atoms with Gasteiger partial charge < -0.3 is 0 Å². The van der Waals surface area contributed by atoms with Crippen LogP contribution in [-0.2, 0) is 7.05 Å². The second-order valence-electron chi connectivity index (χ2n) is 7.03. The highest BCUT2D eigenvalue weighted by molar-refractivity contribution is 7.14. The third kappa shape index (κ3) is 3.29. The van der Waals surface area contributed by atoms with Crippen LogP contribution in [0.1, 0.15) is 41.5 Å². The minimum Gasteiger partial charge on any atom is -0.298 e. The minimum absolute atomic E-state index is 0.189. The lowest BCUT2D eigenvalue weighted by Crippen LogP contribution is -2.13. The van der Waals surface area contributed by atoms with Gasteiger partial charge in [-0.2, -0.15) is 5.10 Å². The fourth-order valence-electron chi connectivity index (χ4n) is 3.02. The highest BCUT2D eigenvalue weighted by atomic mass is 32.1. The Kier molecular flexibility index (Phi) is 4.68. The molecule has 0 aliphatic heterocycles. The summed E-state index contributed by atoms with van der Waals surface area (Å²) in [6.45, 7) is 6.15. The van der Waals surface area contributed by atoms with Crippen LogP contribution < -0.4 is 5.32 Å². The van der Waals surface area contributed by atoms with Gasteiger partial charge in [-0.15, -0.1) is 11.3 Å². The fraction of sp³-hybridized carbons (Fsp3) is 0.238. The predicted octanol–water partition coefficient (Wildman–Crippen LogP) is 4.78. The summed E-state index contributed by atoms with van der Waals surface area (Å²) in [4.78, 5) is 22.3. The molecule has 0 bridgehead atoms. The van der Waals surface area contributed by atoms with Crippen molar-refractivity contribution >= 4 is 33.3 Å². The second-order valence-corrected chi connectivity index (χ2v) is 7.88. The molecule has 4 rings (SSSR count). The van der Waals surface area contributed by atoms with Gasteiger partial charge in [-0.25, -0.2) is 9.97 Å². The number of pyridine rings is 1. The number of rotatable bonds is 4. The first kappa shape index (κ1) is 18.3. The van der Waals surface area contributed by atoms with Crippen molar-refractivity contribution in [3.63, 3.8) is 0 Å². The molecule has 0 unspecified atom stereocenters. The van der Waals surface area contributed by atoms with Crippen LogP contribution in [0.5, 0.6) is 0 Å². The van der Waals surface area contributed by atoms with Crippen molar-refractivity contribution in [2.75, 3.05) is 5.32 Å². The molecule has 28 heavy (non-hydrogen) atoms. The first-order valence-electron chi connectivity index (χ1n) is 9.09. The van der Waals surface area contributed by atoms with Gasteiger partial charge in [0.1, 0.15) is 0 Å². The molecule has 1 aromatic carbocycles. The summed E-state index contributed by atoms with van der Waals surface area (Å²) in [7, 11) is 1.89. The Hall–Kier alpha value is -3.06. The van der Waals surface area contributed by atoms with Crippen molar-refractivity contribution < 1.29 is 4.79 Å². The third-order valence-corrected chi connectivity index (χ3v) is 5.58. The maximum Gasteiger partial charge on any atom is 0.258 e. The molecule has 0 radical (unpaired) electrons. The molecule has 0 atom stereocenters. The van der Waals surface area contributed by atoms with E-state index in [2.05, 4.69) is 29.2 Å². The summed E-state index contributed by atoms with van der Waals surface area (Å²) < 4.78 is 1.80. The zero-order valence-electron chi connectivity index (χ0n) is 16.2. The van der Waals surface area contributed by atoms with Crippen molar-refractivity contribution in [2.24, 2.45) is 7.05 Å². The molecule has 6 nitrogen and oxygen atoms in total. The number of amides is 1. The maximum atomic E-state index is 13.1. The van der Waals surface area contributed by atoms with Crippen molar-refractivity contribution in [1.82, 2.24) is 19.7 Å². The standard InChI is InChI=1S/C21H21N5OS/c1-12(2)19-11-28-21(24-19)25-20(27)15-9-18(16-10-22-26(4)13(16)3)23-17-8-6-5-7-14(15)17/h5-12H,1-4H3,(H,24,25,27). The number of hydrogen-bond donors (Lipinski definition) is 1. The van der Waals surface area contributed by atoms with E-state index in [1.165, 1.54) is 11.3 Å². The number of para-hydroxylation sites is 1. The molecule has 0 aliphatic rings. The van der Waals surface area contributed by atoms with Gasteiger partial charge in [-0.1, -0.05) is 32.0 Å². The van der Waals surface area contributed by atoms with Crippen LogP contribution in [0.25, 0.3) is 22.2 Å². The van der Waals surface area contributed by atoms with E-state index >= 15 is 0 Å². The number of carbonyl (C=O) groups excluding carboxylic acids is 1. The monoisotopic (exact) mass is 391 g/mol. The molecule has 142 valence electrons. The highest BCUT2D eigenvalue weighted by Gasteiger charge is 2.17. The molecule has 0 aliphatic carbocycles. The number of anilines is 1. The van der Waals surface area contributed by atoms with E-state index in [-0.39, 0.29) is 5.91 Å². The number of nitrogens with zero attached hydrogens (tertiary/aromatic N) is 4. The van der Waals surface area contributed by atoms with Gasteiger partial charge in [-0.3, -0.25) is 14.8 Å². The first-order chi connectivity index (χ1) is 13.4. The minimum atomic E-state index is -0.189. The van der Waals surface area contributed by atoms with Crippen LogP contribution in [0.3, 0.4) is 0 Å². The van der Waals surface area contributed by atoms with E-state index < -0.39 is 0 Å². The molecule has 1 amide bonds. The fourth-order valence-corrected chi connectivity index (χ4v) is 3.89. The van der Waals surface area contributed by atoms with Crippen LogP contribution in [0, 0.1) is 6.92 Å². The zero-order valence-corrected chi connectivity index (χ0v) is 17.0. The number of hydrogen-bond acceptors (Lipinski definition) is 5. The summed E-state index contributed by atoms with van der Waals surface area (Å²) in [6, 6.07) is 9.50. The van der Waals surface area contributed by atoms with Crippen molar-refractivity contribution in [3.05, 3.63) is 58.9 Å². The average Bonchev–Trinajstić information content (AvgIpc) is 3.28. The summed E-state index contributed by atoms with van der Waals surface area (Å²) in [5.41, 5.74) is 4.97. The summed E-state index contributed by atoms with van der Waals surface area (Å²) in [5, 5.41) is 10.6. The Balaban J connectivity index is 1.78. The van der Waals surface area contributed by atoms with Crippen LogP contribution >= 0.6 is 11.3 Å². The molecular weight excluding hydrogens is 370 g/mol. The lowest BCUT2D eigenvalue weighted by molar-refractivity contribution is 0.102. The predicted molar refractivity (Wildman–Crippen MR) is 113 cm³/mol. The quantitative estimate of drug-likeness (QED) is 0.543. The van der Waals surface area contributed by atoms with Crippen LogP contribution in [0.4, 0.5) is 5.13 Å². The van der Waals surface area contributed by atoms with Gasteiger partial charge in [0, 0.05) is 29.1 Å². The topological polar surface area (TPSA) is 72.7 Å². The number of nitrogens with one attached hydrogen (secondary N) is 1. The number of carbonyl (C=O) groups is 1. The Morgan fingerprint density at radius 3 is 2.68 bits per heavy atom. The van der Waals surface area contributed by atoms with E-state index in [0.29, 0.717) is 16.6 Å². The summed E-state index contributed by atoms with van der Waals surface area (Å²) in [5.74, 6) is 0.134. The van der Waals surface area contributed by atoms with Crippen molar-refractivity contribution in [1.29, 1.82) is 0 Å². The summed E-state index contributed by atoms with van der Waals surface area (Å²) >= 11 is 1.44. The van der Waals surface area contributed by atoms with Gasteiger partial charge in [0.2, 0.25) is 0 Å². The molecule has 1 N–H and O–H groups in total. The van der Waals surface area contributed by atoms with E-state index in [4.69, 9.17) is 4.98 Å². The van der Waals surface area contributed by atoms with E-state index in [0.717, 1.165) is 33.5 Å². The van der Waals surface area contributed by atoms with E-state index in [9.17, 15) is 4.79 Å². The molecule has 3 heterocycles. The second kappa shape index (κ2) is 7.16. The van der Waals surface area contributed by atoms with E-state index in [1.807, 2.05) is 49.7 Å². The molecule has 4 aromatic rings. The Morgan fingerprint density at radius 2 is 2.00 bits per heavy atom. The molecule has 0 saturated carbocycles. The Labute approximate surface area is 167 Å². The normalized spacial score (nSPS) is 11.3. The van der Waals surface area contributed by atoms with Gasteiger partial charge in [0.25, 0.3) is 5.91 Å². The highest BCUT2D eigenvalue weighted by Crippen LogP contribution is 2.28. The Morgan fingerprint density at radius 1 is 1.21 bits per heavy atom. The first-order valence-corrected chi connectivity index (χ1v) is 9.97. The number of aromatic nitrogens is 4. The van der Waals surface area contributed by atoms with Crippen LogP contribution in [0.2, 0.25) is 0 Å². The van der Waals surface area contributed by atoms with Gasteiger partial charge in [0.05, 0.1) is 28.7 Å². The number of thiazole rings is 1. The lowest BCUT2D eigenvalue weighted by Gasteiger charge is -2.09. The van der Waals surface area contributed by atoms with Gasteiger partial charge in [-0.05, 0) is 25.0 Å². The van der Waals surface area contributed by atoms with Crippen molar-refractivity contribution in [3.8, 4) is 11.3 Å². The van der Waals surface area contributed by atoms with Gasteiger partial charge >= 0.3 is 0 Å². The number of aryl methyl sites for hydroxylation is 1. The van der Waals surface area contributed by atoms with Gasteiger partial charge in [0.15, 0.2) is 5.13 Å². The molecule has 7 heteroatoms. The molecule has 0 spiro atoms. The number of benzene rings is 1. The molecule has 0 fully saturated rings. The number of fused-ring (bicyclic) bond motifs is 1. The average molecular weight is 392 g/mol. The van der Waals surface area contributed by atoms with Crippen LogP contribution in [-0.4, -0.2) is 25.7 Å². The SMILES string of the molecule is Cc1c(-c2cc(C(=O)Nc3nc(C(C)C)cs3)c3ccccc3n2)cnn1C. The molecule has 3 aromatic heterocycles. The lowest BCUT2D eigenvalue weighted by atomic mass is 10.0. The molecular formula is C21H21N5OS. The third-order valence-electron chi connectivity index (χ3n) is 4.81. The smallest absolute Gasteiger partial charge is 0.258 e. The summed E-state index contributed by atoms with van der Waals surface area (Å²) in [6.07, 6.45) is 1.78. The zero-order chi connectivity index (χ0) is 19.8. The van der Waals surface area contributed by atoms with Crippen LogP contribution in [0.15, 0.2) is 41.9 Å². The Bertz CT molecular complexity index is 1170. The largest absolute Gasteiger partial charge is 0.298 e. The maximum absolute atomic E-state index is 13.1. The van der Waals surface area contributed by atoms with E-state index in [1.54, 1.807) is 10.9 Å². The van der Waals surface area contributed by atoms with Crippen molar-refractivity contribution in [2.45, 2.75) is 26.7 Å².